The molecule has 1 unspecified atom stereocenters. The van der Waals surface area contributed by atoms with Crippen LogP contribution >= 0.6 is 11.3 Å². The van der Waals surface area contributed by atoms with E-state index in [0.29, 0.717) is 12.1 Å². The van der Waals surface area contributed by atoms with Gasteiger partial charge in [0.15, 0.2) is 0 Å². The van der Waals surface area contributed by atoms with Gasteiger partial charge in [0, 0.05) is 22.8 Å². The van der Waals surface area contributed by atoms with Gasteiger partial charge >= 0.3 is 6.03 Å². The van der Waals surface area contributed by atoms with E-state index in [2.05, 4.69) is 15.6 Å². The van der Waals surface area contributed by atoms with Crippen molar-refractivity contribution in [3.63, 3.8) is 0 Å². The lowest BCUT2D eigenvalue weighted by atomic mass is 10.2. The van der Waals surface area contributed by atoms with Crippen LogP contribution in [0.4, 0.5) is 10.5 Å². The van der Waals surface area contributed by atoms with E-state index in [1.165, 1.54) is 0 Å². The Morgan fingerprint density at radius 2 is 2.35 bits per heavy atom. The first-order chi connectivity index (χ1) is 9.72. The Kier molecular flexibility index (Phi) is 5.09. The fourth-order valence-electron chi connectivity index (χ4n) is 1.73. The molecule has 3 N–H and O–H groups in total. The van der Waals surface area contributed by atoms with Crippen molar-refractivity contribution in [3.05, 3.63) is 35.8 Å². The van der Waals surface area contributed by atoms with E-state index < -0.39 is 0 Å². The van der Waals surface area contributed by atoms with Gasteiger partial charge in [-0.1, -0.05) is 19.1 Å². The van der Waals surface area contributed by atoms with Crippen molar-refractivity contribution in [1.29, 1.82) is 0 Å². The van der Waals surface area contributed by atoms with E-state index in [-0.39, 0.29) is 18.7 Å². The van der Waals surface area contributed by atoms with E-state index >= 15 is 0 Å². The van der Waals surface area contributed by atoms with Gasteiger partial charge in [-0.2, -0.15) is 0 Å². The summed E-state index contributed by atoms with van der Waals surface area (Å²) in [7, 11) is 0. The summed E-state index contributed by atoms with van der Waals surface area (Å²) in [6.07, 6.45) is 2.43. The summed E-state index contributed by atoms with van der Waals surface area (Å²) in [5, 5.41) is 17.4. The Hall–Kier alpha value is -1.92. The highest BCUT2D eigenvalue weighted by Crippen LogP contribution is 2.24. The van der Waals surface area contributed by atoms with Crippen LogP contribution in [0, 0.1) is 0 Å². The van der Waals surface area contributed by atoms with Gasteiger partial charge in [0.05, 0.1) is 12.6 Å². The average molecular weight is 291 g/mol. The number of rotatable bonds is 5. The number of nitrogens with one attached hydrogen (secondary N) is 2. The number of carbonyl (C=O) groups is 1. The fourth-order valence-corrected chi connectivity index (χ4v) is 2.36. The van der Waals surface area contributed by atoms with Gasteiger partial charge in [0.1, 0.15) is 5.01 Å². The van der Waals surface area contributed by atoms with Crippen LogP contribution in [-0.2, 0) is 0 Å². The lowest BCUT2D eigenvalue weighted by molar-refractivity contribution is 0.222. The summed E-state index contributed by atoms with van der Waals surface area (Å²) in [6.45, 7) is 1.84. The third kappa shape index (κ3) is 3.79. The van der Waals surface area contributed by atoms with Crippen LogP contribution in [0.15, 0.2) is 35.8 Å². The quantitative estimate of drug-likeness (QED) is 0.793. The molecule has 0 aliphatic rings. The number of amides is 2. The molecule has 1 atom stereocenters. The predicted octanol–water partition coefficient (Wildman–Crippen LogP) is 2.70. The lowest BCUT2D eigenvalue weighted by Gasteiger charge is -2.14. The zero-order chi connectivity index (χ0) is 14.4. The minimum absolute atomic E-state index is 0.0664. The van der Waals surface area contributed by atoms with Gasteiger partial charge in [-0.05, 0) is 18.6 Å². The molecule has 1 heterocycles. The number of aromatic nitrogens is 1. The minimum Gasteiger partial charge on any atom is -0.394 e. The molecule has 5 nitrogen and oxygen atoms in total. The SMILES string of the molecule is CCC(CO)NC(=O)Nc1cccc(-c2nccs2)c1. The van der Waals surface area contributed by atoms with Crippen molar-refractivity contribution in [2.24, 2.45) is 0 Å². The standard InChI is InChI=1S/C14H17N3O2S/c1-2-11(9-18)16-14(19)17-12-5-3-4-10(8-12)13-15-6-7-20-13/h3-8,11,18H,2,9H2,1H3,(H2,16,17,19). The van der Waals surface area contributed by atoms with Crippen LogP contribution in [0.25, 0.3) is 10.6 Å². The van der Waals surface area contributed by atoms with E-state index in [0.717, 1.165) is 10.6 Å². The first-order valence-electron chi connectivity index (χ1n) is 6.41. The molecule has 0 aliphatic carbocycles. The minimum atomic E-state index is -0.317. The second kappa shape index (κ2) is 7.02. The number of thiazole rings is 1. The van der Waals surface area contributed by atoms with E-state index in [1.54, 1.807) is 17.5 Å². The van der Waals surface area contributed by atoms with Crippen molar-refractivity contribution < 1.29 is 9.90 Å². The van der Waals surface area contributed by atoms with Gasteiger partial charge in [-0.3, -0.25) is 0 Å². The molecular weight excluding hydrogens is 274 g/mol. The third-order valence-electron chi connectivity index (χ3n) is 2.85. The second-order valence-electron chi connectivity index (χ2n) is 4.30. The maximum absolute atomic E-state index is 11.8. The molecule has 0 bridgehead atoms. The summed E-state index contributed by atoms with van der Waals surface area (Å²) in [4.78, 5) is 16.0. The molecule has 0 spiro atoms. The van der Waals surface area contributed by atoms with Crippen LogP contribution in [0.5, 0.6) is 0 Å². The molecule has 0 radical (unpaired) electrons. The summed E-state index contributed by atoms with van der Waals surface area (Å²) >= 11 is 1.55. The van der Waals surface area contributed by atoms with Gasteiger partial charge in [-0.25, -0.2) is 9.78 Å². The van der Waals surface area contributed by atoms with Crippen molar-refractivity contribution in [1.82, 2.24) is 10.3 Å². The van der Waals surface area contributed by atoms with E-state index in [9.17, 15) is 4.79 Å². The zero-order valence-corrected chi connectivity index (χ0v) is 12.0. The predicted molar refractivity (Wildman–Crippen MR) is 80.9 cm³/mol. The highest BCUT2D eigenvalue weighted by Gasteiger charge is 2.09. The fraction of sp³-hybridized carbons (Fsp3) is 0.286. The third-order valence-corrected chi connectivity index (χ3v) is 3.67. The van der Waals surface area contributed by atoms with Crippen molar-refractivity contribution in [2.45, 2.75) is 19.4 Å². The first kappa shape index (κ1) is 14.5. The van der Waals surface area contributed by atoms with Crippen molar-refractivity contribution >= 4 is 23.1 Å². The molecule has 1 aromatic heterocycles. The monoisotopic (exact) mass is 291 g/mol. The topological polar surface area (TPSA) is 74.2 Å². The molecule has 0 aliphatic heterocycles. The molecule has 2 aromatic rings. The number of nitrogens with zero attached hydrogens (tertiary/aromatic N) is 1. The van der Waals surface area contributed by atoms with Crippen LogP contribution in [0.2, 0.25) is 0 Å². The highest BCUT2D eigenvalue weighted by atomic mass is 32.1. The molecule has 0 saturated carbocycles. The maximum Gasteiger partial charge on any atom is 0.319 e. The molecule has 106 valence electrons. The van der Waals surface area contributed by atoms with Gasteiger partial charge < -0.3 is 15.7 Å². The molecular formula is C14H17N3O2S. The summed E-state index contributed by atoms with van der Waals surface area (Å²) < 4.78 is 0. The number of carbonyl (C=O) groups excluding carboxylic acids is 1. The average Bonchev–Trinajstić information content (AvgIpc) is 2.99. The van der Waals surface area contributed by atoms with E-state index in [4.69, 9.17) is 5.11 Å². The Balaban J connectivity index is 2.03. The normalized spacial score (nSPS) is 11.9. The van der Waals surface area contributed by atoms with Crippen LogP contribution in [0.3, 0.4) is 0 Å². The largest absolute Gasteiger partial charge is 0.394 e. The van der Waals surface area contributed by atoms with Gasteiger partial charge in [-0.15, -0.1) is 11.3 Å². The molecule has 0 saturated heterocycles. The number of benzene rings is 1. The Labute approximate surface area is 121 Å². The number of hydrogen-bond donors (Lipinski definition) is 3. The summed E-state index contributed by atoms with van der Waals surface area (Å²) in [5.74, 6) is 0. The van der Waals surface area contributed by atoms with Crippen LogP contribution < -0.4 is 10.6 Å². The molecule has 2 amide bonds. The number of aliphatic hydroxyl groups is 1. The molecule has 20 heavy (non-hydrogen) atoms. The Bertz CT molecular complexity index is 553. The maximum atomic E-state index is 11.8. The Morgan fingerprint density at radius 1 is 1.50 bits per heavy atom. The van der Waals surface area contributed by atoms with Crippen LogP contribution in [-0.4, -0.2) is 28.8 Å². The molecule has 1 aromatic carbocycles. The molecule has 2 rings (SSSR count). The first-order valence-corrected chi connectivity index (χ1v) is 7.29. The number of hydrogen-bond acceptors (Lipinski definition) is 4. The lowest BCUT2D eigenvalue weighted by Crippen LogP contribution is -2.39. The zero-order valence-electron chi connectivity index (χ0n) is 11.2. The number of aliphatic hydroxyl groups excluding tert-OH is 1. The van der Waals surface area contributed by atoms with Crippen LogP contribution in [0.1, 0.15) is 13.3 Å². The molecule has 0 fully saturated rings. The Morgan fingerprint density at radius 3 is 3.00 bits per heavy atom. The van der Waals surface area contributed by atoms with E-state index in [1.807, 2.05) is 36.6 Å². The van der Waals surface area contributed by atoms with Crippen molar-refractivity contribution in [3.8, 4) is 10.6 Å². The number of anilines is 1. The highest BCUT2D eigenvalue weighted by molar-refractivity contribution is 7.13. The van der Waals surface area contributed by atoms with Crippen molar-refractivity contribution in [2.75, 3.05) is 11.9 Å². The molecule has 6 heteroatoms. The number of urea groups is 1. The second-order valence-corrected chi connectivity index (χ2v) is 5.20. The smallest absolute Gasteiger partial charge is 0.319 e. The summed E-state index contributed by atoms with van der Waals surface area (Å²) in [5.41, 5.74) is 1.66. The summed E-state index contributed by atoms with van der Waals surface area (Å²) in [6, 6.07) is 6.97. The van der Waals surface area contributed by atoms with Gasteiger partial charge in [0.2, 0.25) is 0 Å². The van der Waals surface area contributed by atoms with Gasteiger partial charge in [0.25, 0.3) is 0 Å².